The van der Waals surface area contributed by atoms with Gasteiger partial charge in [-0.2, -0.15) is 0 Å². The van der Waals surface area contributed by atoms with Crippen molar-refractivity contribution >= 4 is 34.4 Å². The molecule has 0 spiro atoms. The van der Waals surface area contributed by atoms with E-state index in [0.29, 0.717) is 30.6 Å². The zero-order valence-electron chi connectivity index (χ0n) is 14.9. The smallest absolute Gasteiger partial charge is 0.328 e. The van der Waals surface area contributed by atoms with Crippen LogP contribution in [0.4, 0.5) is 0 Å². The maximum atomic E-state index is 11.8. The summed E-state index contributed by atoms with van der Waals surface area (Å²) in [5.74, 6) is 0. The first-order valence-electron chi connectivity index (χ1n) is 8.87. The van der Waals surface area contributed by atoms with Crippen LogP contribution in [-0.2, 0) is 13.1 Å². The van der Waals surface area contributed by atoms with Crippen molar-refractivity contribution < 1.29 is 9.59 Å². The Morgan fingerprint density at radius 2 is 1.43 bits per heavy atom. The molecule has 0 saturated heterocycles. The van der Waals surface area contributed by atoms with Crippen molar-refractivity contribution in [3.8, 4) is 0 Å². The molecule has 0 saturated carbocycles. The van der Waals surface area contributed by atoms with Gasteiger partial charge in [-0.1, -0.05) is 0 Å². The number of carbonyl (C=O) groups is 2. The monoisotopic (exact) mass is 375 g/mol. The first kappa shape index (κ1) is 17.7. The van der Waals surface area contributed by atoms with Crippen LogP contribution in [0.25, 0.3) is 21.8 Å². The summed E-state index contributed by atoms with van der Waals surface area (Å²) in [6, 6.07) is 12.3. The fraction of sp³-hybridized carbons (Fsp3) is 0.143. The summed E-state index contributed by atoms with van der Waals surface area (Å²) in [6.45, 7) is 1.09. The van der Waals surface area contributed by atoms with Gasteiger partial charge < -0.3 is 9.13 Å². The van der Waals surface area contributed by atoms with E-state index in [9.17, 15) is 19.2 Å². The van der Waals surface area contributed by atoms with Gasteiger partial charge in [-0.3, -0.25) is 19.4 Å². The third-order valence-electron chi connectivity index (χ3n) is 4.86. The van der Waals surface area contributed by atoms with Crippen LogP contribution in [0.3, 0.4) is 0 Å². The maximum absolute atomic E-state index is 11.8. The molecule has 7 heteroatoms. The highest BCUT2D eigenvalue weighted by molar-refractivity contribution is 6.10. The second-order valence-corrected chi connectivity index (χ2v) is 6.60. The number of aryl methyl sites for hydroxylation is 2. The Labute approximate surface area is 158 Å². The van der Waals surface area contributed by atoms with Gasteiger partial charge in [0.15, 0.2) is 0 Å². The van der Waals surface area contributed by atoms with Crippen molar-refractivity contribution in [1.29, 1.82) is 0 Å². The van der Waals surface area contributed by atoms with Gasteiger partial charge in [-0.25, -0.2) is 4.79 Å². The minimum absolute atomic E-state index is 0.416. The molecule has 0 fully saturated rings. The van der Waals surface area contributed by atoms with Crippen LogP contribution >= 0.6 is 0 Å². The summed E-state index contributed by atoms with van der Waals surface area (Å²) in [5, 5.41) is 1.81. The molecule has 0 unspecified atom stereocenters. The molecular formula is C21H17N3O4. The Kier molecular flexibility index (Phi) is 4.49. The van der Waals surface area contributed by atoms with E-state index in [1.54, 1.807) is 12.1 Å². The van der Waals surface area contributed by atoms with Gasteiger partial charge in [0.2, 0.25) is 0 Å². The van der Waals surface area contributed by atoms with Crippen LogP contribution in [0.2, 0.25) is 0 Å². The zero-order chi connectivity index (χ0) is 19.7. The van der Waals surface area contributed by atoms with Gasteiger partial charge in [-0.05, 0) is 42.8 Å². The molecule has 4 rings (SSSR count). The topological polar surface area (TPSA) is 93.9 Å². The highest BCUT2D eigenvalue weighted by atomic mass is 16.2. The van der Waals surface area contributed by atoms with Gasteiger partial charge in [0.25, 0.3) is 5.56 Å². The van der Waals surface area contributed by atoms with Crippen LogP contribution in [0, 0.1) is 0 Å². The van der Waals surface area contributed by atoms with Crippen LogP contribution in [0.1, 0.15) is 27.1 Å². The van der Waals surface area contributed by atoms with Crippen LogP contribution in [0.5, 0.6) is 0 Å². The number of nitrogens with zero attached hydrogens (tertiary/aromatic N) is 2. The highest BCUT2D eigenvalue weighted by Gasteiger charge is 2.12. The number of hydrogen-bond acceptors (Lipinski definition) is 4. The van der Waals surface area contributed by atoms with E-state index in [0.717, 1.165) is 34.4 Å². The van der Waals surface area contributed by atoms with E-state index < -0.39 is 11.2 Å². The molecule has 2 aromatic heterocycles. The lowest BCUT2D eigenvalue weighted by molar-refractivity contribution is 0.111. The minimum atomic E-state index is -0.430. The quantitative estimate of drug-likeness (QED) is 0.524. The SMILES string of the molecule is O=Cc1ccc2c(c1)c1cc(C=O)ccc1n2CCCn1ccc(=O)[nH]c1=O. The molecule has 7 nitrogen and oxygen atoms in total. The molecular weight excluding hydrogens is 358 g/mol. The summed E-state index contributed by atoms with van der Waals surface area (Å²) < 4.78 is 3.58. The number of aromatic amines is 1. The Morgan fingerprint density at radius 1 is 0.821 bits per heavy atom. The number of rotatable bonds is 6. The second-order valence-electron chi connectivity index (χ2n) is 6.60. The molecule has 4 aromatic rings. The molecule has 0 bridgehead atoms. The summed E-state index contributed by atoms with van der Waals surface area (Å²) in [6.07, 6.45) is 3.75. The molecule has 0 amide bonds. The average molecular weight is 375 g/mol. The van der Waals surface area contributed by atoms with E-state index in [4.69, 9.17) is 0 Å². The third-order valence-corrected chi connectivity index (χ3v) is 4.86. The molecule has 140 valence electrons. The van der Waals surface area contributed by atoms with Crippen LogP contribution in [-0.4, -0.2) is 26.7 Å². The molecule has 2 aromatic carbocycles. The lowest BCUT2D eigenvalue weighted by Crippen LogP contribution is -2.28. The Morgan fingerprint density at radius 3 is 1.96 bits per heavy atom. The zero-order valence-corrected chi connectivity index (χ0v) is 14.9. The standard InChI is InChI=1S/C21H17N3O4/c25-12-14-2-4-18-16(10-14)17-11-15(13-26)3-5-19(17)24(18)8-1-7-23-9-6-20(27)22-21(23)28/h2-6,9-13H,1,7-8H2,(H,22,27,28). The fourth-order valence-corrected chi connectivity index (χ4v) is 3.55. The van der Waals surface area contributed by atoms with E-state index in [-0.39, 0.29) is 0 Å². The van der Waals surface area contributed by atoms with Crippen LogP contribution in [0.15, 0.2) is 58.3 Å². The number of hydrogen-bond donors (Lipinski definition) is 1. The predicted molar refractivity (Wildman–Crippen MR) is 106 cm³/mol. The molecule has 28 heavy (non-hydrogen) atoms. The number of fused-ring (bicyclic) bond motifs is 3. The Hall–Kier alpha value is -3.74. The normalized spacial score (nSPS) is 11.1. The lowest BCUT2D eigenvalue weighted by atomic mass is 10.1. The van der Waals surface area contributed by atoms with Crippen molar-refractivity contribution in [2.75, 3.05) is 0 Å². The number of nitrogens with one attached hydrogen (secondary N) is 1. The van der Waals surface area contributed by atoms with E-state index in [2.05, 4.69) is 9.55 Å². The summed E-state index contributed by atoms with van der Waals surface area (Å²) >= 11 is 0. The Balaban J connectivity index is 1.74. The van der Waals surface area contributed by atoms with Crippen molar-refractivity contribution in [2.24, 2.45) is 0 Å². The minimum Gasteiger partial charge on any atom is -0.340 e. The van der Waals surface area contributed by atoms with Gasteiger partial charge >= 0.3 is 5.69 Å². The number of carbonyl (C=O) groups excluding carboxylic acids is 2. The molecule has 0 aliphatic heterocycles. The molecule has 0 aliphatic rings. The molecule has 2 heterocycles. The van der Waals surface area contributed by atoms with Crippen molar-refractivity contribution in [1.82, 2.24) is 14.1 Å². The molecule has 1 N–H and O–H groups in total. The molecule has 0 radical (unpaired) electrons. The summed E-state index contributed by atoms with van der Waals surface area (Å²) in [5.41, 5.74) is 2.21. The van der Waals surface area contributed by atoms with Gasteiger partial charge in [-0.15, -0.1) is 0 Å². The van der Waals surface area contributed by atoms with E-state index in [1.165, 1.54) is 16.8 Å². The van der Waals surface area contributed by atoms with E-state index >= 15 is 0 Å². The van der Waals surface area contributed by atoms with Crippen molar-refractivity contribution in [3.63, 3.8) is 0 Å². The second kappa shape index (κ2) is 7.11. The number of aromatic nitrogens is 3. The number of aldehydes is 2. The van der Waals surface area contributed by atoms with Gasteiger partial charge in [0.05, 0.1) is 0 Å². The first-order chi connectivity index (χ1) is 13.6. The fourth-order valence-electron chi connectivity index (χ4n) is 3.55. The Bertz CT molecular complexity index is 1260. The third kappa shape index (κ3) is 3.07. The summed E-state index contributed by atoms with van der Waals surface area (Å²) in [7, 11) is 0. The molecule has 0 aliphatic carbocycles. The molecule has 0 atom stereocenters. The van der Waals surface area contributed by atoms with Crippen molar-refractivity contribution in [2.45, 2.75) is 19.5 Å². The predicted octanol–water partition coefficient (Wildman–Crippen LogP) is 2.36. The highest BCUT2D eigenvalue weighted by Crippen LogP contribution is 2.30. The lowest BCUT2D eigenvalue weighted by Gasteiger charge is -2.09. The largest absolute Gasteiger partial charge is 0.340 e. The van der Waals surface area contributed by atoms with Gasteiger partial charge in [0, 0.05) is 58.3 Å². The van der Waals surface area contributed by atoms with Crippen LogP contribution < -0.4 is 11.2 Å². The van der Waals surface area contributed by atoms with Gasteiger partial charge in [0.1, 0.15) is 12.6 Å². The summed E-state index contributed by atoms with van der Waals surface area (Å²) in [4.78, 5) is 47.6. The number of benzene rings is 2. The van der Waals surface area contributed by atoms with Crippen molar-refractivity contribution in [3.05, 3.63) is 80.6 Å². The average Bonchev–Trinajstić information content (AvgIpc) is 3.02. The maximum Gasteiger partial charge on any atom is 0.328 e. The van der Waals surface area contributed by atoms with E-state index in [1.807, 2.05) is 24.3 Å². The first-order valence-corrected chi connectivity index (χ1v) is 8.87. The number of H-pyrrole nitrogens is 1.